The van der Waals surface area contributed by atoms with Gasteiger partial charge in [-0.1, -0.05) is 23.2 Å². The Kier molecular flexibility index (Phi) is 3.36. The van der Waals surface area contributed by atoms with Crippen molar-refractivity contribution in [1.29, 1.82) is 0 Å². The van der Waals surface area contributed by atoms with Crippen LogP contribution in [-0.2, 0) is 9.53 Å². The molecule has 1 heterocycles. The van der Waals surface area contributed by atoms with E-state index in [0.29, 0.717) is 16.7 Å². The molecule has 0 saturated heterocycles. The number of carbonyl (C=O) groups is 1. The largest absolute Gasteiger partial charge is 0.466 e. The Balaban J connectivity index is 2.08. The highest BCUT2D eigenvalue weighted by Gasteiger charge is 2.47. The SMILES string of the molecule is CCOC(=O)C1CC1c1ncc(Cl)cc1Cl. The second kappa shape index (κ2) is 4.60. The van der Waals surface area contributed by atoms with Gasteiger partial charge in [0, 0.05) is 12.1 Å². The standard InChI is InChI=1S/C11H11Cl2NO2/c1-2-16-11(15)8-4-7(8)10-9(13)3-6(12)5-14-10/h3,5,7-8H,2,4H2,1H3. The molecule has 86 valence electrons. The van der Waals surface area contributed by atoms with Gasteiger partial charge in [0.25, 0.3) is 0 Å². The molecule has 2 rings (SSSR count). The molecule has 1 aliphatic rings. The van der Waals surface area contributed by atoms with E-state index in [1.807, 2.05) is 0 Å². The van der Waals surface area contributed by atoms with Gasteiger partial charge in [0.2, 0.25) is 0 Å². The number of carbonyl (C=O) groups excluding carboxylic acids is 1. The van der Waals surface area contributed by atoms with Gasteiger partial charge < -0.3 is 4.74 Å². The summed E-state index contributed by atoms with van der Waals surface area (Å²) in [5.41, 5.74) is 0.740. The lowest BCUT2D eigenvalue weighted by atomic mass is 10.2. The molecule has 0 amide bonds. The summed E-state index contributed by atoms with van der Waals surface area (Å²) in [6, 6.07) is 1.64. The summed E-state index contributed by atoms with van der Waals surface area (Å²) < 4.78 is 4.95. The van der Waals surface area contributed by atoms with E-state index in [9.17, 15) is 4.79 Å². The molecule has 5 heteroatoms. The van der Waals surface area contributed by atoms with Gasteiger partial charge in [-0.3, -0.25) is 9.78 Å². The second-order valence-electron chi connectivity index (χ2n) is 3.72. The van der Waals surface area contributed by atoms with Crippen LogP contribution in [-0.4, -0.2) is 17.6 Å². The molecule has 0 aliphatic heterocycles. The minimum Gasteiger partial charge on any atom is -0.466 e. The van der Waals surface area contributed by atoms with Gasteiger partial charge in [0.1, 0.15) is 0 Å². The Hall–Kier alpha value is -0.800. The van der Waals surface area contributed by atoms with Crippen LogP contribution in [0.15, 0.2) is 12.3 Å². The summed E-state index contributed by atoms with van der Waals surface area (Å²) in [4.78, 5) is 15.6. The molecule has 2 unspecified atom stereocenters. The molecule has 1 fully saturated rings. The first kappa shape index (κ1) is 11.7. The highest BCUT2D eigenvalue weighted by atomic mass is 35.5. The third-order valence-electron chi connectivity index (χ3n) is 2.57. The first-order valence-electron chi connectivity index (χ1n) is 5.11. The van der Waals surface area contributed by atoms with Crippen LogP contribution in [0.4, 0.5) is 0 Å². The maximum absolute atomic E-state index is 11.4. The number of halogens is 2. The van der Waals surface area contributed by atoms with Gasteiger partial charge in [-0.2, -0.15) is 0 Å². The van der Waals surface area contributed by atoms with E-state index in [2.05, 4.69) is 4.98 Å². The molecule has 0 N–H and O–H groups in total. The number of rotatable bonds is 3. The zero-order valence-electron chi connectivity index (χ0n) is 8.74. The third kappa shape index (κ3) is 2.30. The van der Waals surface area contributed by atoms with E-state index in [0.717, 1.165) is 12.1 Å². The fourth-order valence-corrected chi connectivity index (χ4v) is 2.23. The lowest BCUT2D eigenvalue weighted by Gasteiger charge is -2.03. The maximum Gasteiger partial charge on any atom is 0.309 e. The second-order valence-corrected chi connectivity index (χ2v) is 4.56. The van der Waals surface area contributed by atoms with E-state index in [1.165, 1.54) is 0 Å². The molecule has 2 atom stereocenters. The summed E-state index contributed by atoms with van der Waals surface area (Å²) in [6.45, 7) is 2.20. The van der Waals surface area contributed by atoms with E-state index in [4.69, 9.17) is 27.9 Å². The highest BCUT2D eigenvalue weighted by molar-refractivity contribution is 6.34. The molecule has 0 spiro atoms. The molecule has 16 heavy (non-hydrogen) atoms. The van der Waals surface area contributed by atoms with Crippen LogP contribution < -0.4 is 0 Å². The summed E-state index contributed by atoms with van der Waals surface area (Å²) in [6.07, 6.45) is 2.30. The molecular weight excluding hydrogens is 249 g/mol. The minimum absolute atomic E-state index is 0.0869. The Labute approximate surface area is 104 Å². The van der Waals surface area contributed by atoms with E-state index in [-0.39, 0.29) is 17.8 Å². The molecule has 1 aliphatic carbocycles. The Morgan fingerprint density at radius 3 is 3.00 bits per heavy atom. The lowest BCUT2D eigenvalue weighted by molar-refractivity contribution is -0.144. The lowest BCUT2D eigenvalue weighted by Crippen LogP contribution is -2.07. The van der Waals surface area contributed by atoms with Crippen LogP contribution in [0.25, 0.3) is 0 Å². The van der Waals surface area contributed by atoms with Crippen LogP contribution >= 0.6 is 23.2 Å². The minimum atomic E-state index is -0.166. The quantitative estimate of drug-likeness (QED) is 0.784. The predicted molar refractivity (Wildman–Crippen MR) is 61.7 cm³/mol. The Bertz CT molecular complexity index is 422. The molecule has 0 bridgehead atoms. The molecular formula is C11H11Cl2NO2. The van der Waals surface area contributed by atoms with Crippen molar-refractivity contribution in [1.82, 2.24) is 4.98 Å². The first-order chi connectivity index (χ1) is 7.63. The van der Waals surface area contributed by atoms with Crippen molar-refractivity contribution in [2.24, 2.45) is 5.92 Å². The van der Waals surface area contributed by atoms with Gasteiger partial charge >= 0.3 is 5.97 Å². The Morgan fingerprint density at radius 2 is 2.38 bits per heavy atom. The normalized spacial score (nSPS) is 22.9. The molecule has 0 aromatic carbocycles. The summed E-state index contributed by atoms with van der Waals surface area (Å²) >= 11 is 11.8. The smallest absolute Gasteiger partial charge is 0.309 e. The number of hydrogen-bond donors (Lipinski definition) is 0. The predicted octanol–water partition coefficient (Wildman–Crippen LogP) is 3.06. The average molecular weight is 260 g/mol. The van der Waals surface area contributed by atoms with E-state index in [1.54, 1.807) is 19.2 Å². The van der Waals surface area contributed by atoms with Crippen molar-refractivity contribution in [2.45, 2.75) is 19.3 Å². The van der Waals surface area contributed by atoms with Crippen LogP contribution in [0.1, 0.15) is 25.0 Å². The van der Waals surface area contributed by atoms with Crippen LogP contribution in [0.5, 0.6) is 0 Å². The van der Waals surface area contributed by atoms with Crippen molar-refractivity contribution in [3.8, 4) is 0 Å². The molecule has 1 aromatic heterocycles. The monoisotopic (exact) mass is 259 g/mol. The first-order valence-corrected chi connectivity index (χ1v) is 5.86. The van der Waals surface area contributed by atoms with Crippen molar-refractivity contribution in [3.63, 3.8) is 0 Å². The van der Waals surface area contributed by atoms with Gasteiger partial charge in [0.15, 0.2) is 0 Å². The fourth-order valence-electron chi connectivity index (χ4n) is 1.70. The van der Waals surface area contributed by atoms with Crippen LogP contribution in [0, 0.1) is 5.92 Å². The highest BCUT2D eigenvalue weighted by Crippen LogP contribution is 2.49. The number of nitrogens with zero attached hydrogens (tertiary/aromatic N) is 1. The number of pyridine rings is 1. The third-order valence-corrected chi connectivity index (χ3v) is 3.08. The van der Waals surface area contributed by atoms with Crippen molar-refractivity contribution in [2.75, 3.05) is 6.61 Å². The van der Waals surface area contributed by atoms with Crippen molar-refractivity contribution in [3.05, 3.63) is 28.0 Å². The fraction of sp³-hybridized carbons (Fsp3) is 0.455. The number of ether oxygens (including phenoxy) is 1. The number of hydrogen-bond acceptors (Lipinski definition) is 3. The summed E-state index contributed by atoms with van der Waals surface area (Å²) in [7, 11) is 0. The number of aromatic nitrogens is 1. The van der Waals surface area contributed by atoms with Gasteiger partial charge in [0.05, 0.1) is 28.3 Å². The summed E-state index contributed by atoms with van der Waals surface area (Å²) in [5.74, 6) is -0.171. The molecule has 3 nitrogen and oxygen atoms in total. The van der Waals surface area contributed by atoms with Crippen LogP contribution in [0.2, 0.25) is 10.0 Å². The molecule has 0 radical (unpaired) electrons. The summed E-state index contributed by atoms with van der Waals surface area (Å²) in [5, 5.41) is 1.02. The van der Waals surface area contributed by atoms with Crippen LogP contribution in [0.3, 0.4) is 0 Å². The number of esters is 1. The topological polar surface area (TPSA) is 39.2 Å². The zero-order chi connectivity index (χ0) is 11.7. The van der Waals surface area contributed by atoms with E-state index >= 15 is 0 Å². The van der Waals surface area contributed by atoms with Crippen molar-refractivity contribution < 1.29 is 9.53 Å². The average Bonchev–Trinajstić information content (AvgIpc) is 2.98. The van der Waals surface area contributed by atoms with Gasteiger partial charge in [-0.25, -0.2) is 0 Å². The van der Waals surface area contributed by atoms with Gasteiger partial charge in [-0.05, 0) is 19.4 Å². The molecule has 1 aromatic rings. The van der Waals surface area contributed by atoms with Crippen molar-refractivity contribution >= 4 is 29.2 Å². The maximum atomic E-state index is 11.4. The Morgan fingerprint density at radius 1 is 1.62 bits per heavy atom. The van der Waals surface area contributed by atoms with E-state index < -0.39 is 0 Å². The van der Waals surface area contributed by atoms with Gasteiger partial charge in [-0.15, -0.1) is 0 Å². The molecule has 1 saturated carbocycles. The zero-order valence-corrected chi connectivity index (χ0v) is 10.3.